The molecule has 0 aliphatic heterocycles. The summed E-state index contributed by atoms with van der Waals surface area (Å²) < 4.78 is 0. The molecule has 4 heteroatoms. The Morgan fingerprint density at radius 2 is 1.94 bits per heavy atom. The van der Waals surface area contributed by atoms with Crippen LogP contribution in [0.15, 0.2) is 29.6 Å². The summed E-state index contributed by atoms with van der Waals surface area (Å²) in [5.74, 6) is 0. The molecular formula is C14H19N3S. The van der Waals surface area contributed by atoms with Crippen molar-refractivity contribution in [2.45, 2.75) is 26.3 Å². The third-order valence-corrected chi connectivity index (χ3v) is 3.66. The maximum Gasteiger partial charge on any atom is 0.183 e. The van der Waals surface area contributed by atoms with Gasteiger partial charge >= 0.3 is 0 Å². The van der Waals surface area contributed by atoms with Crippen LogP contribution < -0.4 is 11.1 Å². The smallest absolute Gasteiger partial charge is 0.183 e. The Kier molecular flexibility index (Phi) is 4.73. The average molecular weight is 261 g/mol. The topological polar surface area (TPSA) is 50.9 Å². The van der Waals surface area contributed by atoms with Gasteiger partial charge in [-0.25, -0.2) is 4.98 Å². The number of nitrogens with one attached hydrogen (secondary N) is 1. The maximum absolute atomic E-state index is 5.53. The Morgan fingerprint density at radius 1 is 1.22 bits per heavy atom. The molecule has 0 bridgehead atoms. The molecule has 0 aliphatic rings. The fourth-order valence-corrected chi connectivity index (χ4v) is 2.51. The lowest BCUT2D eigenvalue weighted by Crippen LogP contribution is -2.03. The molecule has 3 N–H and O–H groups in total. The summed E-state index contributed by atoms with van der Waals surface area (Å²) in [5, 5.41) is 6.45. The third-order valence-electron chi connectivity index (χ3n) is 2.81. The lowest BCUT2D eigenvalue weighted by molar-refractivity contribution is 0.965. The average Bonchev–Trinajstić information content (AvgIpc) is 2.86. The van der Waals surface area contributed by atoms with Crippen molar-refractivity contribution in [3.63, 3.8) is 0 Å². The summed E-state index contributed by atoms with van der Waals surface area (Å²) in [4.78, 5) is 4.48. The highest BCUT2D eigenvalue weighted by molar-refractivity contribution is 7.13. The van der Waals surface area contributed by atoms with Gasteiger partial charge in [-0.3, -0.25) is 0 Å². The highest BCUT2D eigenvalue weighted by Crippen LogP contribution is 2.16. The molecule has 0 fully saturated rings. The molecule has 0 atom stereocenters. The molecule has 2 aromatic rings. The SMILES string of the molecule is CCc1csc(NCc2ccc(CCN)cc2)n1. The van der Waals surface area contributed by atoms with Crippen molar-refractivity contribution in [2.24, 2.45) is 5.73 Å². The Bertz CT molecular complexity index is 476. The van der Waals surface area contributed by atoms with Crippen molar-refractivity contribution in [2.75, 3.05) is 11.9 Å². The highest BCUT2D eigenvalue weighted by atomic mass is 32.1. The molecule has 18 heavy (non-hydrogen) atoms. The molecule has 0 unspecified atom stereocenters. The maximum atomic E-state index is 5.53. The Balaban J connectivity index is 1.89. The summed E-state index contributed by atoms with van der Waals surface area (Å²) in [5.41, 5.74) is 9.25. The molecule has 1 aromatic carbocycles. The molecule has 1 aromatic heterocycles. The van der Waals surface area contributed by atoms with E-state index in [0.29, 0.717) is 6.54 Å². The molecule has 1 heterocycles. The van der Waals surface area contributed by atoms with Crippen LogP contribution in [-0.2, 0) is 19.4 Å². The van der Waals surface area contributed by atoms with Gasteiger partial charge in [0.2, 0.25) is 0 Å². The number of nitrogens with two attached hydrogens (primary N) is 1. The van der Waals surface area contributed by atoms with Gasteiger partial charge in [-0.1, -0.05) is 31.2 Å². The van der Waals surface area contributed by atoms with E-state index in [2.05, 4.69) is 46.9 Å². The molecule has 0 radical (unpaired) electrons. The largest absolute Gasteiger partial charge is 0.357 e. The minimum atomic E-state index is 0.705. The van der Waals surface area contributed by atoms with Crippen LogP contribution in [0.5, 0.6) is 0 Å². The van der Waals surface area contributed by atoms with Gasteiger partial charge in [-0.15, -0.1) is 11.3 Å². The first-order valence-electron chi connectivity index (χ1n) is 6.28. The van der Waals surface area contributed by atoms with Gasteiger partial charge < -0.3 is 11.1 Å². The van der Waals surface area contributed by atoms with Crippen LogP contribution >= 0.6 is 11.3 Å². The van der Waals surface area contributed by atoms with E-state index < -0.39 is 0 Å². The zero-order chi connectivity index (χ0) is 12.8. The predicted molar refractivity (Wildman–Crippen MR) is 78.0 cm³/mol. The van der Waals surface area contributed by atoms with E-state index in [1.807, 2.05) is 0 Å². The van der Waals surface area contributed by atoms with Gasteiger partial charge in [0.15, 0.2) is 5.13 Å². The minimum Gasteiger partial charge on any atom is -0.357 e. The number of hydrogen-bond acceptors (Lipinski definition) is 4. The van der Waals surface area contributed by atoms with E-state index in [-0.39, 0.29) is 0 Å². The number of thiazole rings is 1. The van der Waals surface area contributed by atoms with Crippen LogP contribution in [0.3, 0.4) is 0 Å². The van der Waals surface area contributed by atoms with Gasteiger partial charge in [0, 0.05) is 11.9 Å². The number of rotatable bonds is 6. The van der Waals surface area contributed by atoms with Crippen molar-refractivity contribution in [1.82, 2.24) is 4.98 Å². The van der Waals surface area contributed by atoms with Crippen LogP contribution in [0.1, 0.15) is 23.7 Å². The number of hydrogen-bond donors (Lipinski definition) is 2. The lowest BCUT2D eigenvalue weighted by atomic mass is 10.1. The zero-order valence-corrected chi connectivity index (χ0v) is 11.5. The van der Waals surface area contributed by atoms with Gasteiger partial charge in [0.05, 0.1) is 5.69 Å². The van der Waals surface area contributed by atoms with Gasteiger partial charge in [0.1, 0.15) is 0 Å². The van der Waals surface area contributed by atoms with E-state index in [4.69, 9.17) is 5.73 Å². The molecule has 0 saturated heterocycles. The Labute approximate surface area is 112 Å². The number of nitrogens with zero attached hydrogens (tertiary/aromatic N) is 1. The summed E-state index contributed by atoms with van der Waals surface area (Å²) in [6.45, 7) is 3.64. The second-order valence-corrected chi connectivity index (χ2v) is 5.06. The first kappa shape index (κ1) is 13.1. The molecule has 2 rings (SSSR count). The van der Waals surface area contributed by atoms with E-state index in [0.717, 1.165) is 30.2 Å². The van der Waals surface area contributed by atoms with Gasteiger partial charge in [0.25, 0.3) is 0 Å². The molecule has 0 spiro atoms. The molecule has 3 nitrogen and oxygen atoms in total. The van der Waals surface area contributed by atoms with Gasteiger partial charge in [-0.2, -0.15) is 0 Å². The molecular weight excluding hydrogens is 242 g/mol. The Hall–Kier alpha value is -1.39. The molecule has 0 saturated carbocycles. The fourth-order valence-electron chi connectivity index (χ4n) is 1.72. The van der Waals surface area contributed by atoms with Crippen LogP contribution in [0.25, 0.3) is 0 Å². The van der Waals surface area contributed by atoms with E-state index in [9.17, 15) is 0 Å². The summed E-state index contributed by atoms with van der Waals surface area (Å²) in [6, 6.07) is 8.57. The molecule has 0 amide bonds. The first-order chi connectivity index (χ1) is 8.81. The second-order valence-electron chi connectivity index (χ2n) is 4.21. The second kappa shape index (κ2) is 6.52. The fraction of sp³-hybridized carbons (Fsp3) is 0.357. The lowest BCUT2D eigenvalue weighted by Gasteiger charge is -2.04. The number of aromatic nitrogens is 1. The quantitative estimate of drug-likeness (QED) is 0.840. The van der Waals surface area contributed by atoms with Crippen LogP contribution in [0.4, 0.5) is 5.13 Å². The number of anilines is 1. The van der Waals surface area contributed by atoms with Crippen LogP contribution in [0.2, 0.25) is 0 Å². The van der Waals surface area contributed by atoms with Crippen molar-refractivity contribution >= 4 is 16.5 Å². The van der Waals surface area contributed by atoms with Crippen molar-refractivity contribution in [3.05, 3.63) is 46.5 Å². The van der Waals surface area contributed by atoms with Crippen LogP contribution in [-0.4, -0.2) is 11.5 Å². The number of benzene rings is 1. The monoisotopic (exact) mass is 261 g/mol. The van der Waals surface area contributed by atoms with Crippen molar-refractivity contribution in [3.8, 4) is 0 Å². The third kappa shape index (κ3) is 3.55. The first-order valence-corrected chi connectivity index (χ1v) is 7.16. The summed E-state index contributed by atoms with van der Waals surface area (Å²) in [6.07, 6.45) is 1.94. The van der Waals surface area contributed by atoms with Gasteiger partial charge in [-0.05, 0) is 30.5 Å². The predicted octanol–water partition coefficient (Wildman–Crippen LogP) is 2.82. The standard InChI is InChI=1S/C14H19N3S/c1-2-13-10-18-14(17-13)16-9-12-5-3-11(4-6-12)7-8-15/h3-6,10H,2,7-9,15H2,1H3,(H,16,17). The molecule has 96 valence electrons. The van der Waals surface area contributed by atoms with Crippen molar-refractivity contribution < 1.29 is 0 Å². The normalized spacial score (nSPS) is 10.6. The zero-order valence-electron chi connectivity index (χ0n) is 10.6. The minimum absolute atomic E-state index is 0.705. The van der Waals surface area contributed by atoms with E-state index in [1.165, 1.54) is 11.1 Å². The van der Waals surface area contributed by atoms with Crippen LogP contribution in [0, 0.1) is 0 Å². The van der Waals surface area contributed by atoms with E-state index in [1.54, 1.807) is 11.3 Å². The summed E-state index contributed by atoms with van der Waals surface area (Å²) >= 11 is 1.67. The Morgan fingerprint density at radius 3 is 2.56 bits per heavy atom. The number of aryl methyl sites for hydroxylation is 1. The summed E-state index contributed by atoms with van der Waals surface area (Å²) in [7, 11) is 0. The van der Waals surface area contributed by atoms with E-state index >= 15 is 0 Å². The molecule has 0 aliphatic carbocycles. The highest BCUT2D eigenvalue weighted by Gasteiger charge is 2.00. The van der Waals surface area contributed by atoms with Crippen molar-refractivity contribution in [1.29, 1.82) is 0 Å².